The highest BCUT2D eigenvalue weighted by molar-refractivity contribution is 6.28. The van der Waals surface area contributed by atoms with Crippen LogP contribution in [0.4, 0.5) is 0 Å². The third-order valence-corrected chi connectivity index (χ3v) is 2.82. The van der Waals surface area contributed by atoms with E-state index in [0.29, 0.717) is 29.4 Å². The van der Waals surface area contributed by atoms with Crippen molar-refractivity contribution in [2.45, 2.75) is 6.61 Å². The number of aromatic nitrogens is 4. The zero-order chi connectivity index (χ0) is 13.9. The molecular weight excluding hydrogens is 280 g/mol. The van der Waals surface area contributed by atoms with E-state index >= 15 is 0 Å². The van der Waals surface area contributed by atoms with Gasteiger partial charge in [0.15, 0.2) is 5.65 Å². The van der Waals surface area contributed by atoms with Gasteiger partial charge in [-0.25, -0.2) is 4.98 Å². The molecule has 0 saturated heterocycles. The molecule has 0 unspecified atom stereocenters. The lowest BCUT2D eigenvalue weighted by atomic mass is 10.2. The highest BCUT2D eigenvalue weighted by Gasteiger charge is 2.11. The zero-order valence-corrected chi connectivity index (χ0v) is 11.4. The minimum Gasteiger partial charge on any atom is -0.437 e. The van der Waals surface area contributed by atoms with Crippen molar-refractivity contribution in [3.8, 4) is 11.6 Å². The molecule has 0 aliphatic carbocycles. The van der Waals surface area contributed by atoms with Crippen molar-refractivity contribution < 1.29 is 9.47 Å². The summed E-state index contributed by atoms with van der Waals surface area (Å²) in [6, 6.07) is 7.55. The van der Waals surface area contributed by atoms with Gasteiger partial charge in [0, 0.05) is 7.11 Å². The van der Waals surface area contributed by atoms with Crippen molar-refractivity contribution in [1.29, 1.82) is 0 Å². The SMILES string of the molecule is COCc1cccc(Oc2nc(Cl)nc3nc[nH]c23)c1. The lowest BCUT2D eigenvalue weighted by Crippen LogP contribution is -1.94. The number of aromatic amines is 1. The van der Waals surface area contributed by atoms with E-state index in [9.17, 15) is 0 Å². The van der Waals surface area contributed by atoms with Crippen LogP contribution in [0.15, 0.2) is 30.6 Å². The maximum Gasteiger partial charge on any atom is 0.250 e. The molecule has 0 aliphatic rings. The summed E-state index contributed by atoms with van der Waals surface area (Å²) in [6.07, 6.45) is 1.52. The van der Waals surface area contributed by atoms with Crippen LogP contribution < -0.4 is 4.74 Å². The zero-order valence-electron chi connectivity index (χ0n) is 10.6. The van der Waals surface area contributed by atoms with Crippen LogP contribution >= 0.6 is 11.6 Å². The molecule has 2 aromatic heterocycles. The second kappa shape index (κ2) is 5.44. The quantitative estimate of drug-likeness (QED) is 0.748. The van der Waals surface area contributed by atoms with Gasteiger partial charge >= 0.3 is 0 Å². The van der Waals surface area contributed by atoms with Crippen molar-refractivity contribution in [2.24, 2.45) is 0 Å². The fourth-order valence-corrected chi connectivity index (χ4v) is 1.99. The van der Waals surface area contributed by atoms with Gasteiger partial charge in [0.2, 0.25) is 11.2 Å². The largest absolute Gasteiger partial charge is 0.437 e. The Bertz CT molecular complexity index is 744. The first-order valence-electron chi connectivity index (χ1n) is 5.88. The molecule has 0 atom stereocenters. The molecule has 0 saturated carbocycles. The molecule has 0 aliphatic heterocycles. The van der Waals surface area contributed by atoms with Gasteiger partial charge in [-0.1, -0.05) is 12.1 Å². The number of ether oxygens (including phenoxy) is 2. The van der Waals surface area contributed by atoms with Crippen LogP contribution in [0.25, 0.3) is 11.2 Å². The van der Waals surface area contributed by atoms with Crippen LogP contribution in [0.5, 0.6) is 11.6 Å². The van der Waals surface area contributed by atoms with Gasteiger partial charge in [-0.05, 0) is 29.3 Å². The topological polar surface area (TPSA) is 72.9 Å². The Morgan fingerprint density at radius 1 is 1.30 bits per heavy atom. The van der Waals surface area contributed by atoms with E-state index in [2.05, 4.69) is 19.9 Å². The number of hydrogen-bond acceptors (Lipinski definition) is 5. The second-order valence-corrected chi connectivity index (χ2v) is 4.42. The third kappa shape index (κ3) is 2.56. The summed E-state index contributed by atoms with van der Waals surface area (Å²) in [6.45, 7) is 0.515. The smallest absolute Gasteiger partial charge is 0.250 e. The summed E-state index contributed by atoms with van der Waals surface area (Å²) in [7, 11) is 1.64. The van der Waals surface area contributed by atoms with Crippen LogP contribution in [0.2, 0.25) is 5.28 Å². The van der Waals surface area contributed by atoms with Gasteiger partial charge in [0.25, 0.3) is 0 Å². The van der Waals surface area contributed by atoms with E-state index in [4.69, 9.17) is 21.1 Å². The van der Waals surface area contributed by atoms with E-state index in [0.717, 1.165) is 5.56 Å². The number of halogens is 1. The minimum atomic E-state index is 0.0904. The molecule has 1 aromatic carbocycles. The van der Waals surface area contributed by atoms with E-state index in [-0.39, 0.29) is 5.28 Å². The Labute approximate surface area is 119 Å². The number of H-pyrrole nitrogens is 1. The molecule has 2 heterocycles. The first kappa shape index (κ1) is 12.8. The molecule has 0 fully saturated rings. The van der Waals surface area contributed by atoms with E-state index < -0.39 is 0 Å². The standard InChI is InChI=1S/C13H11ClN4O2/c1-19-6-8-3-2-4-9(5-8)20-12-10-11(16-7-15-10)17-13(14)18-12/h2-5,7H,6H2,1H3,(H,15,16,17,18). The summed E-state index contributed by atoms with van der Waals surface area (Å²) in [4.78, 5) is 15.0. The molecule has 3 aromatic rings. The highest BCUT2D eigenvalue weighted by atomic mass is 35.5. The number of methoxy groups -OCH3 is 1. The van der Waals surface area contributed by atoms with Crippen molar-refractivity contribution in [1.82, 2.24) is 19.9 Å². The van der Waals surface area contributed by atoms with Crippen molar-refractivity contribution >= 4 is 22.8 Å². The Morgan fingerprint density at radius 3 is 3.05 bits per heavy atom. The molecule has 20 heavy (non-hydrogen) atoms. The molecule has 0 amide bonds. The first-order chi connectivity index (χ1) is 9.76. The first-order valence-corrected chi connectivity index (χ1v) is 6.26. The summed E-state index contributed by atoms with van der Waals surface area (Å²) >= 11 is 5.85. The Hall–Kier alpha value is -2.18. The number of nitrogens with one attached hydrogen (secondary N) is 1. The maximum absolute atomic E-state index is 5.85. The van der Waals surface area contributed by atoms with Gasteiger partial charge in [-0.15, -0.1) is 0 Å². The predicted octanol–water partition coefficient (Wildman–Crippen LogP) is 2.95. The number of rotatable bonds is 4. The van der Waals surface area contributed by atoms with Crippen LogP contribution in [0.1, 0.15) is 5.56 Å². The van der Waals surface area contributed by atoms with E-state index in [1.165, 1.54) is 6.33 Å². The molecule has 7 heteroatoms. The molecule has 1 N–H and O–H groups in total. The average molecular weight is 291 g/mol. The van der Waals surface area contributed by atoms with Gasteiger partial charge in [0.05, 0.1) is 12.9 Å². The summed E-state index contributed by atoms with van der Waals surface area (Å²) < 4.78 is 10.8. The number of hydrogen-bond donors (Lipinski definition) is 1. The lowest BCUT2D eigenvalue weighted by molar-refractivity contribution is 0.184. The summed E-state index contributed by atoms with van der Waals surface area (Å²) in [5.74, 6) is 0.984. The molecule has 0 bridgehead atoms. The van der Waals surface area contributed by atoms with Gasteiger partial charge in [-0.2, -0.15) is 9.97 Å². The molecule has 6 nitrogen and oxygen atoms in total. The predicted molar refractivity (Wildman–Crippen MR) is 73.9 cm³/mol. The molecule has 3 rings (SSSR count). The minimum absolute atomic E-state index is 0.0904. The van der Waals surface area contributed by atoms with Crippen molar-refractivity contribution in [2.75, 3.05) is 7.11 Å². The van der Waals surface area contributed by atoms with E-state index in [1.54, 1.807) is 7.11 Å². The fraction of sp³-hybridized carbons (Fsp3) is 0.154. The third-order valence-electron chi connectivity index (χ3n) is 2.65. The van der Waals surface area contributed by atoms with Crippen LogP contribution in [0.3, 0.4) is 0 Å². The maximum atomic E-state index is 5.85. The number of imidazole rings is 1. The summed E-state index contributed by atoms with van der Waals surface area (Å²) in [5, 5.41) is 0.0904. The Kier molecular flexibility index (Phi) is 3.49. The average Bonchev–Trinajstić information content (AvgIpc) is 2.87. The van der Waals surface area contributed by atoms with E-state index in [1.807, 2.05) is 24.3 Å². The molecule has 0 radical (unpaired) electrons. The lowest BCUT2D eigenvalue weighted by Gasteiger charge is -2.07. The monoisotopic (exact) mass is 290 g/mol. The number of benzene rings is 1. The molecule has 102 valence electrons. The normalized spacial score (nSPS) is 10.9. The highest BCUT2D eigenvalue weighted by Crippen LogP contribution is 2.27. The van der Waals surface area contributed by atoms with Crippen molar-refractivity contribution in [3.63, 3.8) is 0 Å². The molecular formula is C13H11ClN4O2. The van der Waals surface area contributed by atoms with Gasteiger partial charge in [-0.3, -0.25) is 0 Å². The van der Waals surface area contributed by atoms with Gasteiger partial charge < -0.3 is 14.5 Å². The Morgan fingerprint density at radius 2 is 2.20 bits per heavy atom. The fourth-order valence-electron chi connectivity index (χ4n) is 1.83. The number of fused-ring (bicyclic) bond motifs is 1. The number of nitrogens with zero attached hydrogens (tertiary/aromatic N) is 3. The van der Waals surface area contributed by atoms with Gasteiger partial charge in [0.1, 0.15) is 11.3 Å². The Balaban J connectivity index is 1.96. The van der Waals surface area contributed by atoms with Crippen LogP contribution in [-0.4, -0.2) is 27.0 Å². The van der Waals surface area contributed by atoms with Crippen LogP contribution in [-0.2, 0) is 11.3 Å². The van der Waals surface area contributed by atoms with Crippen LogP contribution in [0, 0.1) is 0 Å². The molecule has 0 spiro atoms. The second-order valence-electron chi connectivity index (χ2n) is 4.08. The van der Waals surface area contributed by atoms with Crippen molar-refractivity contribution in [3.05, 3.63) is 41.4 Å². The summed E-state index contributed by atoms with van der Waals surface area (Å²) in [5.41, 5.74) is 2.07.